The lowest BCUT2D eigenvalue weighted by atomic mass is 10.1. The van der Waals surface area contributed by atoms with Crippen molar-refractivity contribution in [2.45, 2.75) is 6.92 Å². The molecule has 110 valence electrons. The lowest BCUT2D eigenvalue weighted by Crippen LogP contribution is -1.91. The molecular formula is C13H10Br2N2O4. The van der Waals surface area contributed by atoms with E-state index < -0.39 is 4.92 Å². The van der Waals surface area contributed by atoms with Gasteiger partial charge in [0, 0.05) is 10.0 Å². The highest BCUT2D eigenvalue weighted by atomic mass is 79.9. The van der Waals surface area contributed by atoms with E-state index in [1.165, 1.54) is 13.0 Å². The van der Waals surface area contributed by atoms with Crippen LogP contribution in [0, 0.1) is 17.0 Å². The van der Waals surface area contributed by atoms with Crippen LogP contribution in [0.25, 0.3) is 12.2 Å². The molecule has 6 nitrogen and oxygen atoms in total. The van der Waals surface area contributed by atoms with Crippen molar-refractivity contribution in [3.63, 3.8) is 0 Å². The van der Waals surface area contributed by atoms with Crippen molar-refractivity contribution in [2.75, 3.05) is 7.11 Å². The number of rotatable bonds is 4. The minimum Gasteiger partial charge on any atom is -0.495 e. The van der Waals surface area contributed by atoms with Gasteiger partial charge in [-0.1, -0.05) is 21.1 Å². The quantitative estimate of drug-likeness (QED) is 0.536. The summed E-state index contributed by atoms with van der Waals surface area (Å²) in [5.41, 5.74) is 0.836. The zero-order valence-electron chi connectivity index (χ0n) is 11.1. The van der Waals surface area contributed by atoms with Gasteiger partial charge in [-0.15, -0.1) is 0 Å². The number of hydrogen-bond acceptors (Lipinski definition) is 5. The normalized spacial score (nSPS) is 11.0. The van der Waals surface area contributed by atoms with E-state index in [9.17, 15) is 10.1 Å². The van der Waals surface area contributed by atoms with Gasteiger partial charge in [-0.3, -0.25) is 10.1 Å². The minimum absolute atomic E-state index is 0.0932. The Morgan fingerprint density at radius 1 is 1.38 bits per heavy atom. The van der Waals surface area contributed by atoms with Gasteiger partial charge in [0.05, 0.1) is 16.5 Å². The molecule has 0 fully saturated rings. The smallest absolute Gasteiger partial charge is 0.338 e. The van der Waals surface area contributed by atoms with Gasteiger partial charge in [0.1, 0.15) is 5.75 Å². The average molecular weight is 418 g/mol. The summed E-state index contributed by atoms with van der Waals surface area (Å²) >= 11 is 6.77. The largest absolute Gasteiger partial charge is 0.495 e. The molecule has 21 heavy (non-hydrogen) atoms. The summed E-state index contributed by atoms with van der Waals surface area (Å²) in [4.78, 5) is 10.5. The van der Waals surface area contributed by atoms with Crippen molar-refractivity contribution >= 4 is 49.7 Å². The van der Waals surface area contributed by atoms with Crippen LogP contribution in [0.4, 0.5) is 5.69 Å². The Bertz CT molecular complexity index is 725. The second-order valence-corrected chi connectivity index (χ2v) is 5.85. The van der Waals surface area contributed by atoms with Crippen molar-refractivity contribution in [2.24, 2.45) is 0 Å². The zero-order chi connectivity index (χ0) is 15.6. The van der Waals surface area contributed by atoms with E-state index >= 15 is 0 Å². The number of hydrogen-bond donors (Lipinski definition) is 0. The molecule has 0 radical (unpaired) electrons. The summed E-state index contributed by atoms with van der Waals surface area (Å²) in [7, 11) is 1.55. The molecular weight excluding hydrogens is 408 g/mol. The number of aryl methyl sites for hydroxylation is 1. The SMILES string of the molecule is COc1c(Br)cc(Br)cc1C=Cc1onc(C)c1[N+](=O)[O-]. The lowest BCUT2D eigenvalue weighted by Gasteiger charge is -2.07. The number of halogens is 2. The maximum atomic E-state index is 11.0. The highest BCUT2D eigenvalue weighted by Crippen LogP contribution is 2.34. The predicted molar refractivity (Wildman–Crippen MR) is 85.2 cm³/mol. The second-order valence-electron chi connectivity index (χ2n) is 4.08. The second kappa shape index (κ2) is 6.40. The van der Waals surface area contributed by atoms with Crippen LogP contribution in [-0.2, 0) is 0 Å². The third kappa shape index (κ3) is 3.33. The van der Waals surface area contributed by atoms with Crippen LogP contribution in [0.5, 0.6) is 5.75 Å². The predicted octanol–water partition coefficient (Wildman–Crippen LogP) is 4.60. The van der Waals surface area contributed by atoms with Crippen LogP contribution >= 0.6 is 31.9 Å². The Kier molecular flexibility index (Phi) is 4.79. The number of benzene rings is 1. The summed E-state index contributed by atoms with van der Waals surface area (Å²) < 4.78 is 11.9. The van der Waals surface area contributed by atoms with Crippen LogP contribution in [0.2, 0.25) is 0 Å². The molecule has 0 unspecified atom stereocenters. The molecule has 2 rings (SSSR count). The molecule has 0 aliphatic rings. The monoisotopic (exact) mass is 416 g/mol. The van der Waals surface area contributed by atoms with Crippen LogP contribution in [0.1, 0.15) is 17.0 Å². The van der Waals surface area contributed by atoms with E-state index in [0.29, 0.717) is 5.75 Å². The summed E-state index contributed by atoms with van der Waals surface area (Å²) in [6.07, 6.45) is 3.16. The van der Waals surface area contributed by atoms with E-state index in [1.807, 2.05) is 12.1 Å². The fourth-order valence-electron chi connectivity index (χ4n) is 1.80. The third-order valence-corrected chi connectivity index (χ3v) is 3.74. The average Bonchev–Trinajstić information content (AvgIpc) is 2.77. The van der Waals surface area contributed by atoms with E-state index in [4.69, 9.17) is 9.26 Å². The highest BCUT2D eigenvalue weighted by Gasteiger charge is 2.22. The first-order chi connectivity index (χ1) is 9.93. The van der Waals surface area contributed by atoms with Gasteiger partial charge in [0.25, 0.3) is 0 Å². The fourth-order valence-corrected chi connectivity index (χ4v) is 3.22. The summed E-state index contributed by atoms with van der Waals surface area (Å²) in [5.74, 6) is 0.712. The van der Waals surface area contributed by atoms with Gasteiger partial charge in [-0.05, 0) is 47.1 Å². The molecule has 0 aliphatic carbocycles. The Hall–Kier alpha value is -1.67. The first-order valence-corrected chi connectivity index (χ1v) is 7.34. The topological polar surface area (TPSA) is 78.4 Å². The number of nitrogens with zero attached hydrogens (tertiary/aromatic N) is 2. The van der Waals surface area contributed by atoms with Gasteiger partial charge in [0.15, 0.2) is 5.69 Å². The fraction of sp³-hybridized carbons (Fsp3) is 0.154. The summed E-state index contributed by atoms with van der Waals surface area (Å²) in [6.45, 7) is 1.52. The van der Waals surface area contributed by atoms with Crippen LogP contribution in [0.15, 0.2) is 25.6 Å². The number of methoxy groups -OCH3 is 1. The molecule has 0 aliphatic heterocycles. The van der Waals surface area contributed by atoms with Crippen LogP contribution in [-0.4, -0.2) is 17.2 Å². The van der Waals surface area contributed by atoms with E-state index in [2.05, 4.69) is 37.0 Å². The van der Waals surface area contributed by atoms with Crippen molar-refractivity contribution < 1.29 is 14.2 Å². The maximum Gasteiger partial charge on any atom is 0.338 e. The van der Waals surface area contributed by atoms with E-state index in [1.54, 1.807) is 13.2 Å². The summed E-state index contributed by atoms with van der Waals surface area (Å²) in [6, 6.07) is 3.67. The van der Waals surface area contributed by atoms with Crippen LogP contribution in [0.3, 0.4) is 0 Å². The van der Waals surface area contributed by atoms with Gasteiger partial charge in [0.2, 0.25) is 5.76 Å². The first-order valence-electron chi connectivity index (χ1n) is 5.75. The molecule has 0 N–H and O–H groups in total. The molecule has 1 aromatic heterocycles. The maximum absolute atomic E-state index is 11.0. The number of nitro groups is 1. The van der Waals surface area contributed by atoms with Gasteiger partial charge >= 0.3 is 5.69 Å². The van der Waals surface area contributed by atoms with Crippen molar-refractivity contribution in [3.05, 3.63) is 48.2 Å². The molecule has 0 bridgehead atoms. The number of aromatic nitrogens is 1. The Morgan fingerprint density at radius 3 is 2.71 bits per heavy atom. The number of ether oxygens (including phenoxy) is 1. The molecule has 1 aromatic carbocycles. The van der Waals surface area contributed by atoms with Crippen LogP contribution < -0.4 is 4.74 Å². The molecule has 8 heteroatoms. The van der Waals surface area contributed by atoms with Gasteiger partial charge < -0.3 is 9.26 Å². The molecule has 0 saturated heterocycles. The first kappa shape index (κ1) is 15.7. The molecule has 0 spiro atoms. The van der Waals surface area contributed by atoms with Crippen molar-refractivity contribution in [1.29, 1.82) is 0 Å². The lowest BCUT2D eigenvalue weighted by molar-refractivity contribution is -0.386. The molecule has 2 aromatic rings. The third-order valence-electron chi connectivity index (χ3n) is 2.70. The molecule has 1 heterocycles. The molecule has 0 atom stereocenters. The summed E-state index contributed by atoms with van der Waals surface area (Å²) in [5, 5.41) is 14.6. The molecule has 0 saturated carbocycles. The molecule has 0 amide bonds. The van der Waals surface area contributed by atoms with Crippen molar-refractivity contribution in [1.82, 2.24) is 5.16 Å². The Labute approximate surface area is 137 Å². The Balaban J connectivity index is 2.45. The highest BCUT2D eigenvalue weighted by molar-refractivity contribution is 9.11. The van der Waals surface area contributed by atoms with Gasteiger partial charge in [-0.2, -0.15) is 0 Å². The van der Waals surface area contributed by atoms with Crippen molar-refractivity contribution in [3.8, 4) is 5.75 Å². The zero-order valence-corrected chi connectivity index (χ0v) is 14.3. The van der Waals surface area contributed by atoms with E-state index in [0.717, 1.165) is 14.5 Å². The van der Waals surface area contributed by atoms with Gasteiger partial charge in [-0.25, -0.2) is 0 Å². The minimum atomic E-state index is -0.514. The standard InChI is InChI=1S/C13H10Br2N2O4/c1-7-12(17(18)19)11(21-16-7)4-3-8-5-9(14)6-10(15)13(8)20-2/h3-6H,1-2H3. The van der Waals surface area contributed by atoms with E-state index in [-0.39, 0.29) is 17.1 Å². The Morgan fingerprint density at radius 2 is 2.10 bits per heavy atom.